The summed E-state index contributed by atoms with van der Waals surface area (Å²) in [6.07, 6.45) is 2.33. The predicted molar refractivity (Wildman–Crippen MR) is 56.6 cm³/mol. The molecule has 0 bridgehead atoms. The van der Waals surface area contributed by atoms with Crippen LogP contribution in [0.2, 0.25) is 0 Å². The lowest BCUT2D eigenvalue weighted by Crippen LogP contribution is -2.14. The summed E-state index contributed by atoms with van der Waals surface area (Å²) in [5.74, 6) is -1.81. The van der Waals surface area contributed by atoms with E-state index in [-0.39, 0.29) is 11.1 Å². The van der Waals surface area contributed by atoms with Gasteiger partial charge in [0.05, 0.1) is 12.2 Å². The molecule has 2 rings (SSSR count). The van der Waals surface area contributed by atoms with Crippen molar-refractivity contribution in [1.82, 2.24) is 4.98 Å². The van der Waals surface area contributed by atoms with Crippen LogP contribution >= 0.6 is 0 Å². The number of pyridine rings is 1. The molecule has 0 spiro atoms. The van der Waals surface area contributed by atoms with Crippen molar-refractivity contribution in [2.45, 2.75) is 6.04 Å². The molecule has 0 radical (unpaired) electrons. The van der Waals surface area contributed by atoms with Gasteiger partial charge in [0.15, 0.2) is 0 Å². The minimum atomic E-state index is -0.950. The Kier molecular flexibility index (Phi) is 3.10. The van der Waals surface area contributed by atoms with Crippen LogP contribution in [0.1, 0.15) is 17.2 Å². The van der Waals surface area contributed by atoms with Gasteiger partial charge in [-0.05, 0) is 29.8 Å². The molecule has 0 fully saturated rings. The second kappa shape index (κ2) is 4.55. The predicted octanol–water partition coefficient (Wildman–Crippen LogP) is 2.55. The van der Waals surface area contributed by atoms with Crippen molar-refractivity contribution >= 4 is 0 Å². The second-order valence-electron chi connectivity index (χ2n) is 3.58. The lowest BCUT2D eigenvalue weighted by atomic mass is 10.0. The molecule has 0 aliphatic heterocycles. The van der Waals surface area contributed by atoms with Gasteiger partial charge in [-0.1, -0.05) is 0 Å². The maximum atomic E-state index is 13.4. The summed E-state index contributed by atoms with van der Waals surface area (Å²) in [5.41, 5.74) is 6.00. The fourth-order valence-corrected chi connectivity index (χ4v) is 1.53. The molecular formula is C12H9F3N2. The van der Waals surface area contributed by atoms with Crippen molar-refractivity contribution in [3.8, 4) is 0 Å². The molecule has 0 aliphatic rings. The van der Waals surface area contributed by atoms with Crippen LogP contribution in [0.25, 0.3) is 0 Å². The van der Waals surface area contributed by atoms with E-state index in [1.165, 1.54) is 6.20 Å². The Morgan fingerprint density at radius 2 is 1.76 bits per heavy atom. The Labute approximate surface area is 95.9 Å². The van der Waals surface area contributed by atoms with Crippen LogP contribution in [0.3, 0.4) is 0 Å². The number of nitrogens with two attached hydrogens (primary N) is 1. The van der Waals surface area contributed by atoms with Gasteiger partial charge < -0.3 is 5.73 Å². The van der Waals surface area contributed by atoms with Crippen molar-refractivity contribution in [2.24, 2.45) is 5.73 Å². The second-order valence-corrected chi connectivity index (χ2v) is 3.58. The van der Waals surface area contributed by atoms with Crippen molar-refractivity contribution in [1.29, 1.82) is 0 Å². The molecule has 5 heteroatoms. The normalized spacial score (nSPS) is 12.5. The van der Waals surface area contributed by atoms with Crippen LogP contribution < -0.4 is 5.73 Å². The van der Waals surface area contributed by atoms with Crippen LogP contribution in [-0.2, 0) is 0 Å². The molecule has 1 aromatic carbocycles. The fraction of sp³-hybridized carbons (Fsp3) is 0.0833. The summed E-state index contributed by atoms with van der Waals surface area (Å²) in [7, 11) is 0. The molecule has 1 unspecified atom stereocenters. The molecule has 0 aliphatic carbocycles. The maximum absolute atomic E-state index is 13.4. The molecule has 0 amide bonds. The number of halogens is 3. The average molecular weight is 238 g/mol. The quantitative estimate of drug-likeness (QED) is 0.873. The SMILES string of the molecule is NC(c1cncc(F)c1)c1cc(F)ccc1F. The maximum Gasteiger partial charge on any atom is 0.141 e. The van der Waals surface area contributed by atoms with Crippen molar-refractivity contribution < 1.29 is 13.2 Å². The van der Waals surface area contributed by atoms with E-state index in [2.05, 4.69) is 4.98 Å². The standard InChI is InChI=1S/C12H9F3N2/c13-8-1-2-11(15)10(4-8)12(16)7-3-9(14)6-17-5-7/h1-6,12H,16H2. The molecule has 1 atom stereocenters. The largest absolute Gasteiger partial charge is 0.320 e. The highest BCUT2D eigenvalue weighted by Crippen LogP contribution is 2.22. The van der Waals surface area contributed by atoms with E-state index in [1.807, 2.05) is 0 Å². The van der Waals surface area contributed by atoms with Crippen LogP contribution in [0.5, 0.6) is 0 Å². The number of aromatic nitrogens is 1. The Balaban J connectivity index is 2.43. The minimum absolute atomic E-state index is 0.0302. The third-order valence-corrected chi connectivity index (χ3v) is 2.38. The molecule has 0 saturated carbocycles. The van der Waals surface area contributed by atoms with E-state index in [1.54, 1.807) is 0 Å². The molecule has 17 heavy (non-hydrogen) atoms. The van der Waals surface area contributed by atoms with Crippen molar-refractivity contribution in [2.75, 3.05) is 0 Å². The minimum Gasteiger partial charge on any atom is -0.320 e. The highest BCUT2D eigenvalue weighted by molar-refractivity contribution is 5.31. The van der Waals surface area contributed by atoms with Gasteiger partial charge in [0.2, 0.25) is 0 Å². The van der Waals surface area contributed by atoms with E-state index >= 15 is 0 Å². The number of nitrogens with zero attached hydrogens (tertiary/aromatic N) is 1. The zero-order chi connectivity index (χ0) is 12.4. The topological polar surface area (TPSA) is 38.9 Å². The third kappa shape index (κ3) is 2.45. The number of benzene rings is 1. The van der Waals surface area contributed by atoms with Crippen molar-refractivity contribution in [3.63, 3.8) is 0 Å². The molecule has 88 valence electrons. The summed E-state index contributed by atoms with van der Waals surface area (Å²) < 4.78 is 39.4. The van der Waals surface area contributed by atoms with E-state index in [0.717, 1.165) is 30.5 Å². The highest BCUT2D eigenvalue weighted by Gasteiger charge is 2.15. The summed E-state index contributed by atoms with van der Waals surface area (Å²) in [6, 6.07) is 3.16. The number of hydrogen-bond acceptors (Lipinski definition) is 2. The van der Waals surface area contributed by atoms with Gasteiger partial charge in [0.1, 0.15) is 17.5 Å². The van der Waals surface area contributed by atoms with E-state index < -0.39 is 23.5 Å². The smallest absolute Gasteiger partial charge is 0.141 e. The summed E-state index contributed by atoms with van der Waals surface area (Å²) in [5, 5.41) is 0. The average Bonchev–Trinajstić information content (AvgIpc) is 2.31. The molecule has 0 saturated heterocycles. The van der Waals surface area contributed by atoms with Gasteiger partial charge in [-0.2, -0.15) is 0 Å². The first-order valence-electron chi connectivity index (χ1n) is 4.89. The van der Waals surface area contributed by atoms with E-state index in [4.69, 9.17) is 5.73 Å². The first-order chi connectivity index (χ1) is 8.08. The zero-order valence-corrected chi connectivity index (χ0v) is 8.70. The monoisotopic (exact) mass is 238 g/mol. The lowest BCUT2D eigenvalue weighted by Gasteiger charge is -2.13. The molecule has 2 aromatic rings. The number of hydrogen-bond donors (Lipinski definition) is 1. The summed E-state index contributed by atoms with van der Waals surface area (Å²) in [6.45, 7) is 0. The number of rotatable bonds is 2. The van der Waals surface area contributed by atoms with E-state index in [0.29, 0.717) is 0 Å². The Hall–Kier alpha value is -1.88. The highest BCUT2D eigenvalue weighted by atomic mass is 19.1. The molecule has 1 heterocycles. The lowest BCUT2D eigenvalue weighted by molar-refractivity contribution is 0.574. The van der Waals surface area contributed by atoms with Gasteiger partial charge in [-0.25, -0.2) is 13.2 Å². The molecular weight excluding hydrogens is 229 g/mol. The van der Waals surface area contributed by atoms with Crippen LogP contribution in [-0.4, -0.2) is 4.98 Å². The van der Waals surface area contributed by atoms with Gasteiger partial charge >= 0.3 is 0 Å². The molecule has 2 N–H and O–H groups in total. The van der Waals surface area contributed by atoms with Gasteiger partial charge in [-0.15, -0.1) is 0 Å². The van der Waals surface area contributed by atoms with E-state index in [9.17, 15) is 13.2 Å². The van der Waals surface area contributed by atoms with Gasteiger partial charge in [-0.3, -0.25) is 4.98 Å². The summed E-state index contributed by atoms with van der Waals surface area (Å²) in [4.78, 5) is 3.61. The van der Waals surface area contributed by atoms with Crippen molar-refractivity contribution in [3.05, 3.63) is 65.2 Å². The Morgan fingerprint density at radius 1 is 1.00 bits per heavy atom. The van der Waals surface area contributed by atoms with Crippen LogP contribution in [0.15, 0.2) is 36.7 Å². The van der Waals surface area contributed by atoms with Gasteiger partial charge in [0.25, 0.3) is 0 Å². The van der Waals surface area contributed by atoms with Crippen LogP contribution in [0, 0.1) is 17.5 Å². The fourth-order valence-electron chi connectivity index (χ4n) is 1.53. The zero-order valence-electron chi connectivity index (χ0n) is 8.70. The first-order valence-corrected chi connectivity index (χ1v) is 4.89. The van der Waals surface area contributed by atoms with Gasteiger partial charge in [0, 0.05) is 11.8 Å². The third-order valence-electron chi connectivity index (χ3n) is 2.38. The first kappa shape index (κ1) is 11.6. The molecule has 2 nitrogen and oxygen atoms in total. The van der Waals surface area contributed by atoms with Crippen LogP contribution in [0.4, 0.5) is 13.2 Å². The molecule has 1 aromatic heterocycles. The Bertz CT molecular complexity index is 543. The Morgan fingerprint density at radius 3 is 2.47 bits per heavy atom. The summed E-state index contributed by atoms with van der Waals surface area (Å²) >= 11 is 0.